The number of rotatable bonds is 3. The van der Waals surface area contributed by atoms with E-state index in [2.05, 4.69) is 9.97 Å². The molecule has 10 nitrogen and oxygen atoms in total. The van der Waals surface area contributed by atoms with Crippen LogP contribution in [0.4, 0.5) is 18.0 Å². The van der Waals surface area contributed by atoms with E-state index in [4.69, 9.17) is 14.5 Å². The lowest BCUT2D eigenvalue weighted by atomic mass is 9.87. The second kappa shape index (κ2) is 10.3. The largest absolute Gasteiger partial charge is 0.444 e. The average Bonchev–Trinajstić information content (AvgIpc) is 3.38. The summed E-state index contributed by atoms with van der Waals surface area (Å²) < 4.78 is 52.0. The summed E-state index contributed by atoms with van der Waals surface area (Å²) in [5.74, 6) is -1.43. The van der Waals surface area contributed by atoms with Crippen molar-refractivity contribution in [2.75, 3.05) is 26.3 Å². The summed E-state index contributed by atoms with van der Waals surface area (Å²) in [7, 11) is 0. The molecule has 41 heavy (non-hydrogen) atoms. The van der Waals surface area contributed by atoms with Crippen LogP contribution in [-0.2, 0) is 27.2 Å². The Bertz CT molecular complexity index is 1480. The Kier molecular flexibility index (Phi) is 7.23. The smallest absolute Gasteiger partial charge is 0.426 e. The van der Waals surface area contributed by atoms with Gasteiger partial charge in [-0.3, -0.25) is 9.69 Å². The fourth-order valence-electron chi connectivity index (χ4n) is 5.12. The number of hydrogen-bond donors (Lipinski definition) is 2. The Hall–Kier alpha value is -3.71. The minimum Gasteiger partial charge on any atom is -0.444 e. The molecule has 2 aliphatic rings. The number of morpholine rings is 1. The summed E-state index contributed by atoms with van der Waals surface area (Å²) >= 11 is 0. The van der Waals surface area contributed by atoms with E-state index in [9.17, 15) is 27.9 Å². The number of fused-ring (bicyclic) bond motifs is 2. The van der Waals surface area contributed by atoms with Crippen molar-refractivity contribution in [2.24, 2.45) is 0 Å². The van der Waals surface area contributed by atoms with Gasteiger partial charge in [0.25, 0.3) is 5.91 Å². The Morgan fingerprint density at radius 3 is 2.63 bits per heavy atom. The van der Waals surface area contributed by atoms with Crippen LogP contribution < -0.4 is 0 Å². The fourth-order valence-corrected chi connectivity index (χ4v) is 5.12. The molecule has 5 rings (SSSR count). The molecule has 4 heterocycles. The normalized spacial score (nSPS) is 19.6. The lowest BCUT2D eigenvalue weighted by molar-refractivity contribution is -0.250. The van der Waals surface area contributed by atoms with Crippen LogP contribution in [0.5, 0.6) is 0 Å². The number of carbonyl (C=O) groups is 2. The molecule has 2 atom stereocenters. The van der Waals surface area contributed by atoms with Crippen LogP contribution in [0.15, 0.2) is 30.6 Å². The van der Waals surface area contributed by atoms with Gasteiger partial charge in [-0.1, -0.05) is 0 Å². The lowest BCUT2D eigenvalue weighted by Gasteiger charge is -2.40. The molecule has 3 aromatic rings. The van der Waals surface area contributed by atoms with Crippen molar-refractivity contribution in [3.63, 3.8) is 0 Å². The highest BCUT2D eigenvalue weighted by Crippen LogP contribution is 2.38. The van der Waals surface area contributed by atoms with Gasteiger partial charge in [0.15, 0.2) is 5.65 Å². The van der Waals surface area contributed by atoms with E-state index in [1.54, 1.807) is 44.1 Å². The first-order valence-electron chi connectivity index (χ1n) is 13.3. The lowest BCUT2D eigenvalue weighted by Crippen LogP contribution is -2.57. The zero-order chi connectivity index (χ0) is 29.7. The predicted octanol–water partition coefficient (Wildman–Crippen LogP) is 4.13. The minimum atomic E-state index is -5.14. The van der Waals surface area contributed by atoms with Crippen molar-refractivity contribution in [1.29, 1.82) is 0 Å². The molecule has 1 saturated heterocycles. The molecule has 2 aromatic heterocycles. The van der Waals surface area contributed by atoms with Gasteiger partial charge in [0, 0.05) is 31.4 Å². The van der Waals surface area contributed by atoms with E-state index >= 15 is 0 Å². The summed E-state index contributed by atoms with van der Waals surface area (Å²) in [6, 6.07) is 4.84. The molecule has 2 aliphatic heterocycles. The van der Waals surface area contributed by atoms with Crippen molar-refractivity contribution < 1.29 is 37.3 Å². The number of carbonyl (C=O) groups excluding carboxylic acids is 2. The Balaban J connectivity index is 1.60. The van der Waals surface area contributed by atoms with Gasteiger partial charge in [-0.05, 0) is 69.0 Å². The van der Waals surface area contributed by atoms with Crippen LogP contribution in [0.3, 0.4) is 0 Å². The van der Waals surface area contributed by atoms with Gasteiger partial charge in [0.2, 0.25) is 5.60 Å². The van der Waals surface area contributed by atoms with E-state index in [0.717, 1.165) is 10.5 Å². The molecule has 1 fully saturated rings. The van der Waals surface area contributed by atoms with Gasteiger partial charge >= 0.3 is 12.3 Å². The summed E-state index contributed by atoms with van der Waals surface area (Å²) in [6.45, 7) is 6.16. The molecule has 1 unspecified atom stereocenters. The van der Waals surface area contributed by atoms with Gasteiger partial charge < -0.3 is 24.5 Å². The van der Waals surface area contributed by atoms with Gasteiger partial charge in [-0.15, -0.1) is 0 Å². The van der Waals surface area contributed by atoms with Gasteiger partial charge in [0.05, 0.1) is 31.1 Å². The number of nitrogens with zero attached hydrogens (tertiary/aromatic N) is 4. The monoisotopic (exact) mass is 575 g/mol. The van der Waals surface area contributed by atoms with E-state index < -0.39 is 35.4 Å². The SMILES string of the molecule is CC(C)(C)OC(=O)N1CCOC[C@H]1c1cc(-c2cnc3[nH]ccc3n2)cc2c1CN(C(=O)C(C)(O)C(F)(F)F)CC2. The Labute approximate surface area is 234 Å². The van der Waals surface area contributed by atoms with Crippen LogP contribution in [-0.4, -0.2) is 85.5 Å². The maximum absolute atomic E-state index is 13.5. The molecular formula is C28H32F3N5O5. The minimum absolute atomic E-state index is 0.0274. The first-order chi connectivity index (χ1) is 19.2. The first kappa shape index (κ1) is 28.8. The molecule has 0 saturated carbocycles. The zero-order valence-corrected chi connectivity index (χ0v) is 23.2. The number of ether oxygens (including phenoxy) is 2. The van der Waals surface area contributed by atoms with Crippen LogP contribution in [0.25, 0.3) is 22.4 Å². The summed E-state index contributed by atoms with van der Waals surface area (Å²) in [6.07, 6.45) is -2.12. The van der Waals surface area contributed by atoms with Gasteiger partial charge in [-0.25, -0.2) is 14.8 Å². The van der Waals surface area contributed by atoms with Gasteiger partial charge in [0.1, 0.15) is 11.1 Å². The van der Waals surface area contributed by atoms with Crippen molar-refractivity contribution in [1.82, 2.24) is 24.8 Å². The zero-order valence-electron chi connectivity index (χ0n) is 23.2. The number of aromatic amines is 1. The van der Waals surface area contributed by atoms with Crippen molar-refractivity contribution in [3.8, 4) is 11.3 Å². The second-order valence-electron chi connectivity index (χ2n) is 11.5. The fraction of sp³-hybridized carbons (Fsp3) is 0.500. The quantitative estimate of drug-likeness (QED) is 0.482. The molecule has 2 N–H and O–H groups in total. The number of nitrogens with one attached hydrogen (secondary N) is 1. The van der Waals surface area contributed by atoms with Crippen LogP contribution >= 0.6 is 0 Å². The van der Waals surface area contributed by atoms with Crippen molar-refractivity contribution >= 4 is 23.2 Å². The molecule has 0 spiro atoms. The Morgan fingerprint density at radius 1 is 1.17 bits per heavy atom. The third kappa shape index (κ3) is 5.60. The molecular weight excluding hydrogens is 543 g/mol. The highest BCUT2D eigenvalue weighted by atomic mass is 19.4. The molecule has 2 amide bonds. The number of aromatic nitrogens is 3. The van der Waals surface area contributed by atoms with Crippen molar-refractivity contribution in [3.05, 3.63) is 47.3 Å². The van der Waals surface area contributed by atoms with Crippen LogP contribution in [0, 0.1) is 0 Å². The predicted molar refractivity (Wildman–Crippen MR) is 142 cm³/mol. The standard InChI is InChI=1S/C28H32F3N5O5/c1-26(2,3)41-25(38)36-9-10-40-15-22(36)18-12-17(21-13-33-23-20(34-21)5-7-32-23)11-16-6-8-35(14-19(16)18)24(37)27(4,39)28(29,30)31/h5,7,11-13,22,39H,6,8-10,14-15H2,1-4H3,(H,32,33)/t22-,27?/m0/s1. The number of hydrogen-bond acceptors (Lipinski definition) is 7. The molecule has 1 aromatic carbocycles. The number of halogens is 3. The molecule has 0 bridgehead atoms. The number of amides is 2. The number of alkyl halides is 3. The van der Waals surface area contributed by atoms with E-state index in [1.165, 1.54) is 0 Å². The van der Waals surface area contributed by atoms with Crippen LogP contribution in [0.2, 0.25) is 0 Å². The third-order valence-electron chi connectivity index (χ3n) is 7.30. The summed E-state index contributed by atoms with van der Waals surface area (Å²) in [5, 5.41) is 10.1. The average molecular weight is 576 g/mol. The van der Waals surface area contributed by atoms with Crippen molar-refractivity contribution in [2.45, 2.75) is 64.1 Å². The number of aliphatic hydroxyl groups is 1. The number of benzene rings is 1. The summed E-state index contributed by atoms with van der Waals surface area (Å²) in [4.78, 5) is 40.8. The second-order valence-corrected chi connectivity index (χ2v) is 11.5. The summed E-state index contributed by atoms with van der Waals surface area (Å²) in [5.41, 5.74) is 0.232. The highest BCUT2D eigenvalue weighted by Gasteiger charge is 2.57. The molecule has 0 radical (unpaired) electrons. The molecule has 13 heteroatoms. The van der Waals surface area contributed by atoms with E-state index in [0.29, 0.717) is 40.5 Å². The Morgan fingerprint density at radius 2 is 1.93 bits per heavy atom. The van der Waals surface area contributed by atoms with Crippen LogP contribution in [0.1, 0.15) is 50.4 Å². The third-order valence-corrected chi connectivity index (χ3v) is 7.30. The first-order valence-corrected chi connectivity index (χ1v) is 13.3. The maximum atomic E-state index is 13.5. The molecule has 0 aliphatic carbocycles. The van der Waals surface area contributed by atoms with Gasteiger partial charge in [-0.2, -0.15) is 13.2 Å². The highest BCUT2D eigenvalue weighted by molar-refractivity contribution is 5.86. The topological polar surface area (TPSA) is 121 Å². The maximum Gasteiger partial charge on any atom is 0.426 e. The number of H-pyrrole nitrogens is 1. The van der Waals surface area contributed by atoms with E-state index in [-0.39, 0.29) is 39.3 Å². The van der Waals surface area contributed by atoms with E-state index in [1.807, 2.05) is 12.1 Å². The molecule has 220 valence electrons.